The predicted octanol–water partition coefficient (Wildman–Crippen LogP) is 1.98. The van der Waals surface area contributed by atoms with Crippen LogP contribution in [-0.2, 0) is 17.9 Å². The number of nitrogens with one attached hydrogen (secondary N) is 1. The maximum absolute atomic E-state index is 12.2. The van der Waals surface area contributed by atoms with Crippen molar-refractivity contribution in [2.75, 3.05) is 6.54 Å². The maximum atomic E-state index is 12.2. The molecule has 0 atom stereocenters. The molecule has 1 aromatic heterocycles. The summed E-state index contributed by atoms with van der Waals surface area (Å²) in [5, 5.41) is 3.46. The average molecular weight is 375 g/mol. The molecule has 2 aromatic carbocycles. The summed E-state index contributed by atoms with van der Waals surface area (Å²) >= 11 is -0.0106. The van der Waals surface area contributed by atoms with Gasteiger partial charge in [-0.3, -0.25) is 0 Å². The number of nitrogens with zero attached hydrogens (tertiary/aromatic N) is 1. The Balaban J connectivity index is 1.49. The van der Waals surface area contributed by atoms with Gasteiger partial charge in [-0.1, -0.05) is 0 Å². The zero-order valence-corrected chi connectivity index (χ0v) is 14.1. The van der Waals surface area contributed by atoms with E-state index in [0.717, 1.165) is 15.2 Å². The van der Waals surface area contributed by atoms with Gasteiger partial charge in [0.15, 0.2) is 0 Å². The standard InChI is InChI=1S/C17H16N2O3Se/c20-16-14-8-4-5-9-15(14)23-19(16)11-10-18-17(21)22-12-13-6-2-1-3-7-13/h1-9H,10-12H2,(H,18,21). The number of amides is 1. The van der Waals surface area contributed by atoms with Crippen LogP contribution in [0.2, 0.25) is 0 Å². The molecule has 118 valence electrons. The third kappa shape index (κ3) is 3.92. The van der Waals surface area contributed by atoms with Crippen LogP contribution >= 0.6 is 0 Å². The van der Waals surface area contributed by atoms with E-state index < -0.39 is 6.09 Å². The summed E-state index contributed by atoms with van der Waals surface area (Å²) in [4.78, 5) is 23.8. The number of benzene rings is 2. The molecular weight excluding hydrogens is 359 g/mol. The molecule has 0 aliphatic heterocycles. The van der Waals surface area contributed by atoms with Crippen molar-refractivity contribution in [2.45, 2.75) is 13.2 Å². The molecule has 0 aliphatic rings. The fraction of sp³-hybridized carbons (Fsp3) is 0.176. The summed E-state index contributed by atoms with van der Waals surface area (Å²) in [6, 6.07) is 17.1. The number of fused-ring (bicyclic) bond motifs is 1. The van der Waals surface area contributed by atoms with Gasteiger partial charge in [0, 0.05) is 0 Å². The molecule has 0 fully saturated rings. The summed E-state index contributed by atoms with van der Waals surface area (Å²) in [5.74, 6) is 0. The van der Waals surface area contributed by atoms with E-state index in [2.05, 4.69) is 5.32 Å². The summed E-state index contributed by atoms with van der Waals surface area (Å²) in [7, 11) is 0. The van der Waals surface area contributed by atoms with E-state index in [9.17, 15) is 9.59 Å². The van der Waals surface area contributed by atoms with Gasteiger partial charge in [-0.15, -0.1) is 0 Å². The molecule has 0 bridgehead atoms. The third-order valence-corrected chi connectivity index (χ3v) is 5.70. The zero-order chi connectivity index (χ0) is 16.1. The van der Waals surface area contributed by atoms with Gasteiger partial charge in [0.1, 0.15) is 0 Å². The first-order chi connectivity index (χ1) is 11.2. The van der Waals surface area contributed by atoms with Crippen LogP contribution in [0.3, 0.4) is 0 Å². The van der Waals surface area contributed by atoms with Gasteiger partial charge in [-0.25, -0.2) is 0 Å². The number of rotatable bonds is 5. The molecule has 0 spiro atoms. The Kier molecular flexibility index (Phi) is 4.95. The van der Waals surface area contributed by atoms with E-state index in [1.807, 2.05) is 54.6 Å². The van der Waals surface area contributed by atoms with Gasteiger partial charge in [0.2, 0.25) is 0 Å². The van der Waals surface area contributed by atoms with Gasteiger partial charge in [-0.05, 0) is 0 Å². The molecule has 23 heavy (non-hydrogen) atoms. The summed E-state index contributed by atoms with van der Waals surface area (Å²) in [6.45, 7) is 1.12. The molecule has 1 heterocycles. The monoisotopic (exact) mass is 376 g/mol. The van der Waals surface area contributed by atoms with Crippen molar-refractivity contribution in [2.24, 2.45) is 0 Å². The van der Waals surface area contributed by atoms with E-state index in [0.29, 0.717) is 13.1 Å². The first-order valence-corrected chi connectivity index (χ1v) is 8.90. The summed E-state index contributed by atoms with van der Waals surface area (Å²) in [6.07, 6.45) is -0.467. The Morgan fingerprint density at radius 2 is 1.83 bits per heavy atom. The quantitative estimate of drug-likeness (QED) is 0.694. The average Bonchev–Trinajstić information content (AvgIpc) is 2.91. The van der Waals surface area contributed by atoms with Crippen LogP contribution in [0.4, 0.5) is 4.79 Å². The number of alkyl carbamates (subject to hydrolysis) is 1. The normalized spacial score (nSPS) is 10.6. The van der Waals surface area contributed by atoms with Gasteiger partial charge >= 0.3 is 139 Å². The van der Waals surface area contributed by atoms with Crippen LogP contribution in [-0.4, -0.2) is 30.9 Å². The van der Waals surface area contributed by atoms with Crippen LogP contribution in [0, 0.1) is 0 Å². The van der Waals surface area contributed by atoms with E-state index in [4.69, 9.17) is 4.74 Å². The fourth-order valence-corrected chi connectivity index (χ4v) is 4.28. The minimum atomic E-state index is -0.467. The molecule has 3 rings (SSSR count). The Hall–Kier alpha value is -2.30. The van der Waals surface area contributed by atoms with Crippen molar-refractivity contribution in [3.8, 4) is 0 Å². The molecular formula is C17H16N2O3Se. The van der Waals surface area contributed by atoms with E-state index in [1.54, 1.807) is 3.56 Å². The molecule has 0 radical (unpaired) electrons. The second-order valence-electron chi connectivity index (χ2n) is 4.98. The molecule has 0 unspecified atom stereocenters. The third-order valence-electron chi connectivity index (χ3n) is 3.35. The SMILES string of the molecule is O=C(NCCn1[se]c2ccccc2c1=O)OCc1ccccc1. The fourth-order valence-electron chi connectivity index (χ4n) is 2.20. The number of carbonyl (C=O) groups is 1. The zero-order valence-electron chi connectivity index (χ0n) is 12.4. The van der Waals surface area contributed by atoms with Crippen LogP contribution in [0.5, 0.6) is 0 Å². The number of hydrogen-bond donors (Lipinski definition) is 1. The minimum absolute atomic E-state index is 0.0106. The molecule has 3 aromatic rings. The van der Waals surface area contributed by atoms with E-state index in [-0.39, 0.29) is 26.9 Å². The van der Waals surface area contributed by atoms with E-state index >= 15 is 0 Å². The van der Waals surface area contributed by atoms with Crippen molar-refractivity contribution < 1.29 is 9.53 Å². The van der Waals surface area contributed by atoms with Gasteiger partial charge in [-0.2, -0.15) is 0 Å². The number of aromatic nitrogens is 1. The Morgan fingerprint density at radius 3 is 2.61 bits per heavy atom. The Labute approximate surface area is 139 Å². The van der Waals surface area contributed by atoms with Crippen molar-refractivity contribution >= 4 is 30.5 Å². The van der Waals surface area contributed by atoms with Crippen molar-refractivity contribution in [3.63, 3.8) is 0 Å². The van der Waals surface area contributed by atoms with Crippen LogP contribution < -0.4 is 10.9 Å². The number of hydrogen-bond acceptors (Lipinski definition) is 3. The topological polar surface area (TPSA) is 60.3 Å². The number of ether oxygens (including phenoxy) is 1. The predicted molar refractivity (Wildman–Crippen MR) is 89.8 cm³/mol. The van der Waals surface area contributed by atoms with Crippen molar-refractivity contribution in [1.29, 1.82) is 0 Å². The molecule has 0 saturated carbocycles. The first kappa shape index (κ1) is 15.6. The summed E-state index contributed by atoms with van der Waals surface area (Å²) < 4.78 is 8.01. The molecule has 5 nitrogen and oxygen atoms in total. The van der Waals surface area contributed by atoms with Crippen LogP contribution in [0.15, 0.2) is 59.4 Å². The van der Waals surface area contributed by atoms with Crippen molar-refractivity contribution in [1.82, 2.24) is 8.88 Å². The second-order valence-corrected chi connectivity index (χ2v) is 7.21. The molecule has 1 amide bonds. The Morgan fingerprint density at radius 1 is 1.09 bits per heavy atom. The van der Waals surface area contributed by atoms with Gasteiger partial charge in [0.05, 0.1) is 0 Å². The number of carbonyl (C=O) groups excluding carboxylic acids is 1. The van der Waals surface area contributed by atoms with Gasteiger partial charge < -0.3 is 0 Å². The van der Waals surface area contributed by atoms with Gasteiger partial charge in [0.25, 0.3) is 0 Å². The molecule has 6 heteroatoms. The summed E-state index contributed by atoms with van der Waals surface area (Å²) in [5.41, 5.74) is 0.983. The first-order valence-electron chi connectivity index (χ1n) is 7.27. The van der Waals surface area contributed by atoms with Crippen LogP contribution in [0.25, 0.3) is 9.65 Å². The van der Waals surface area contributed by atoms with Crippen molar-refractivity contribution in [3.05, 3.63) is 70.5 Å². The molecule has 0 saturated heterocycles. The molecule has 0 aliphatic carbocycles. The second kappa shape index (κ2) is 7.31. The molecule has 1 N–H and O–H groups in total. The van der Waals surface area contributed by atoms with E-state index in [1.165, 1.54) is 0 Å². The van der Waals surface area contributed by atoms with Crippen LogP contribution in [0.1, 0.15) is 5.56 Å². The Bertz CT molecular complexity index is 855.